The normalized spacial score (nSPS) is 22.6. The Morgan fingerprint density at radius 2 is 1.89 bits per heavy atom. The molecule has 0 aliphatic carbocycles. The Morgan fingerprint density at radius 3 is 2.46 bits per heavy atom. The van der Waals surface area contributed by atoms with Crippen LogP contribution in [0.4, 0.5) is 8.78 Å². The predicted molar refractivity (Wildman–Crippen MR) is 101 cm³/mol. The largest absolute Gasteiger partial charge is 0.346 e. The average Bonchev–Trinajstić information content (AvgIpc) is 2.66. The molecule has 1 saturated heterocycles. The number of nitrogens with zero attached hydrogens (tertiary/aromatic N) is 2. The number of rotatable bonds is 3. The van der Waals surface area contributed by atoms with Crippen molar-refractivity contribution in [1.82, 2.24) is 10.2 Å². The molecule has 0 unspecified atom stereocenters. The van der Waals surface area contributed by atoms with Crippen molar-refractivity contribution in [3.8, 4) is 6.07 Å². The van der Waals surface area contributed by atoms with E-state index >= 15 is 0 Å². The maximum atomic E-state index is 13.6. The van der Waals surface area contributed by atoms with Gasteiger partial charge in [-0.1, -0.05) is 36.4 Å². The van der Waals surface area contributed by atoms with Crippen LogP contribution in [-0.2, 0) is 16.3 Å². The number of amides is 1. The van der Waals surface area contributed by atoms with Crippen LogP contribution < -0.4 is 5.32 Å². The first-order valence-corrected chi connectivity index (χ1v) is 8.71. The lowest BCUT2D eigenvalue weighted by molar-refractivity contribution is -0.131. The van der Waals surface area contributed by atoms with Gasteiger partial charge in [0.1, 0.15) is 0 Å². The van der Waals surface area contributed by atoms with Gasteiger partial charge in [0.25, 0.3) is 5.92 Å². The van der Waals surface area contributed by atoms with Gasteiger partial charge in [-0.3, -0.25) is 15.1 Å². The number of likely N-dealkylation sites (N-methyl/N-ethyl adjacent to an activating group) is 1. The zero-order valence-corrected chi connectivity index (χ0v) is 15.8. The van der Waals surface area contributed by atoms with Gasteiger partial charge >= 0.3 is 0 Å². The number of benzene rings is 2. The minimum absolute atomic E-state index is 0.0668. The fourth-order valence-corrected chi connectivity index (χ4v) is 3.55. The Balaban J connectivity index is 2.14. The highest BCUT2D eigenvalue weighted by Gasteiger charge is 2.48. The number of carbonyl (C=O) groups excluding carboxylic acids is 1. The second kappa shape index (κ2) is 6.71. The minimum Gasteiger partial charge on any atom is -0.346 e. The highest BCUT2D eigenvalue weighted by Crippen LogP contribution is 2.41. The number of halogens is 2. The molecule has 0 radical (unpaired) electrons. The SMILES string of the molecule is CN1C(=N)N[C@](C)(c2cccc(C#N)c2)[C@H](c2ccc(C(C)(F)F)cc2)C1=O. The van der Waals surface area contributed by atoms with Crippen molar-refractivity contribution in [2.45, 2.75) is 31.2 Å². The van der Waals surface area contributed by atoms with Crippen molar-refractivity contribution in [3.63, 3.8) is 0 Å². The third-order valence-corrected chi connectivity index (χ3v) is 5.21. The number of nitrogens with one attached hydrogen (secondary N) is 2. The van der Waals surface area contributed by atoms with Crippen molar-refractivity contribution in [2.75, 3.05) is 7.05 Å². The summed E-state index contributed by atoms with van der Waals surface area (Å²) in [5.41, 5.74) is 0.478. The van der Waals surface area contributed by atoms with E-state index in [1.807, 2.05) is 0 Å². The Hall–Kier alpha value is -3.27. The maximum Gasteiger partial charge on any atom is 0.270 e. The first kappa shape index (κ1) is 19.5. The van der Waals surface area contributed by atoms with E-state index in [0.717, 1.165) is 6.92 Å². The smallest absolute Gasteiger partial charge is 0.270 e. The summed E-state index contributed by atoms with van der Waals surface area (Å²) in [6.45, 7) is 2.60. The lowest BCUT2D eigenvalue weighted by atomic mass is 9.73. The van der Waals surface area contributed by atoms with Gasteiger partial charge in [-0.05, 0) is 30.2 Å². The summed E-state index contributed by atoms with van der Waals surface area (Å²) >= 11 is 0. The molecule has 1 heterocycles. The molecule has 1 amide bonds. The Kier molecular flexibility index (Phi) is 4.67. The van der Waals surface area contributed by atoms with Crippen molar-refractivity contribution >= 4 is 11.9 Å². The molecule has 2 atom stereocenters. The van der Waals surface area contributed by atoms with Gasteiger partial charge in [-0.2, -0.15) is 5.26 Å². The summed E-state index contributed by atoms with van der Waals surface area (Å²) in [6.07, 6.45) is 0. The number of nitriles is 1. The number of hydrogen-bond acceptors (Lipinski definition) is 3. The molecule has 0 bridgehead atoms. The third kappa shape index (κ3) is 3.22. The summed E-state index contributed by atoms with van der Waals surface area (Å²) in [5, 5.41) is 20.4. The molecular weight excluding hydrogens is 362 g/mol. The van der Waals surface area contributed by atoms with Crippen LogP contribution in [-0.4, -0.2) is 23.8 Å². The molecule has 2 aromatic rings. The van der Waals surface area contributed by atoms with Gasteiger partial charge in [0.05, 0.1) is 23.1 Å². The summed E-state index contributed by atoms with van der Waals surface area (Å²) in [7, 11) is 1.49. The average molecular weight is 382 g/mol. The van der Waals surface area contributed by atoms with E-state index in [1.165, 1.54) is 36.2 Å². The minimum atomic E-state index is -2.98. The number of carbonyl (C=O) groups is 1. The summed E-state index contributed by atoms with van der Waals surface area (Å²) < 4.78 is 27.1. The molecule has 7 heteroatoms. The van der Waals surface area contributed by atoms with Crippen molar-refractivity contribution < 1.29 is 13.6 Å². The molecule has 0 spiro atoms. The molecule has 2 N–H and O–H groups in total. The van der Waals surface area contributed by atoms with Crippen LogP contribution in [0, 0.1) is 16.7 Å². The number of guanidine groups is 1. The third-order valence-electron chi connectivity index (χ3n) is 5.21. The monoisotopic (exact) mass is 382 g/mol. The molecular formula is C21H20F2N4O. The molecule has 2 aromatic carbocycles. The Labute approximate surface area is 162 Å². The van der Waals surface area contributed by atoms with Crippen molar-refractivity contribution in [1.29, 1.82) is 10.7 Å². The van der Waals surface area contributed by atoms with Gasteiger partial charge in [0, 0.05) is 19.5 Å². The van der Waals surface area contributed by atoms with E-state index in [9.17, 15) is 18.8 Å². The van der Waals surface area contributed by atoms with Gasteiger partial charge in [-0.15, -0.1) is 0 Å². The first-order valence-electron chi connectivity index (χ1n) is 8.71. The van der Waals surface area contributed by atoms with E-state index in [0.29, 0.717) is 16.7 Å². The van der Waals surface area contributed by atoms with Crippen molar-refractivity contribution in [2.24, 2.45) is 0 Å². The number of hydrogen-bond donors (Lipinski definition) is 2. The molecule has 0 saturated carbocycles. The summed E-state index contributed by atoms with van der Waals surface area (Å²) in [4.78, 5) is 14.3. The quantitative estimate of drug-likeness (QED) is 0.850. The molecule has 1 aliphatic rings. The summed E-state index contributed by atoms with van der Waals surface area (Å²) in [6, 6.07) is 14.6. The van der Waals surface area contributed by atoms with Crippen LogP contribution in [0.15, 0.2) is 48.5 Å². The molecule has 1 fully saturated rings. The lowest BCUT2D eigenvalue weighted by Crippen LogP contribution is -2.62. The Bertz CT molecular complexity index is 975. The van der Waals surface area contributed by atoms with Gasteiger partial charge in [0.2, 0.25) is 5.91 Å². The first-order chi connectivity index (χ1) is 13.1. The lowest BCUT2D eigenvalue weighted by Gasteiger charge is -2.46. The van der Waals surface area contributed by atoms with Crippen LogP contribution >= 0.6 is 0 Å². The number of alkyl halides is 2. The van der Waals surface area contributed by atoms with Crippen LogP contribution in [0.5, 0.6) is 0 Å². The van der Waals surface area contributed by atoms with E-state index < -0.39 is 17.4 Å². The molecule has 3 rings (SSSR count). The van der Waals surface area contributed by atoms with Gasteiger partial charge < -0.3 is 5.32 Å². The van der Waals surface area contributed by atoms with Gasteiger partial charge in [-0.25, -0.2) is 8.78 Å². The maximum absolute atomic E-state index is 13.6. The molecule has 1 aliphatic heterocycles. The molecule has 144 valence electrons. The zero-order valence-electron chi connectivity index (χ0n) is 15.8. The van der Waals surface area contributed by atoms with Crippen LogP contribution in [0.3, 0.4) is 0 Å². The fraction of sp³-hybridized carbons (Fsp3) is 0.286. The summed E-state index contributed by atoms with van der Waals surface area (Å²) in [5.74, 6) is -4.14. The molecule has 5 nitrogen and oxygen atoms in total. The van der Waals surface area contributed by atoms with Gasteiger partial charge in [0.15, 0.2) is 5.96 Å². The molecule has 28 heavy (non-hydrogen) atoms. The van der Waals surface area contributed by atoms with E-state index in [1.54, 1.807) is 31.2 Å². The van der Waals surface area contributed by atoms with Crippen LogP contribution in [0.2, 0.25) is 0 Å². The second-order valence-corrected chi connectivity index (χ2v) is 7.21. The highest BCUT2D eigenvalue weighted by molar-refractivity contribution is 6.02. The van der Waals surface area contributed by atoms with Crippen molar-refractivity contribution in [3.05, 3.63) is 70.8 Å². The van der Waals surface area contributed by atoms with E-state index in [4.69, 9.17) is 5.41 Å². The standard InChI is InChI=1S/C21H20F2N4O/c1-20(16-6-4-5-13(11-16)12-24)17(18(28)27(3)19(25)26-20)14-7-9-15(10-8-14)21(2,22)23/h4-11,17H,1-3H3,(H2,25,26)/t17-,20-/m1/s1. The predicted octanol–water partition coefficient (Wildman–Crippen LogP) is 3.67. The fourth-order valence-electron chi connectivity index (χ4n) is 3.55. The Morgan fingerprint density at radius 1 is 1.25 bits per heavy atom. The topological polar surface area (TPSA) is 80.0 Å². The van der Waals surface area contributed by atoms with Crippen LogP contribution in [0.25, 0.3) is 0 Å². The molecule has 0 aromatic heterocycles. The van der Waals surface area contributed by atoms with E-state index in [2.05, 4.69) is 11.4 Å². The van der Waals surface area contributed by atoms with E-state index in [-0.39, 0.29) is 17.4 Å². The second-order valence-electron chi connectivity index (χ2n) is 7.21. The zero-order chi connectivity index (χ0) is 20.7. The highest BCUT2D eigenvalue weighted by atomic mass is 19.3. The van der Waals surface area contributed by atoms with Crippen LogP contribution in [0.1, 0.15) is 42.0 Å².